The Hall–Kier alpha value is -1.09. The molecule has 1 aliphatic carbocycles. The molecule has 1 fully saturated rings. The summed E-state index contributed by atoms with van der Waals surface area (Å²) in [7, 11) is 0. The van der Waals surface area contributed by atoms with Crippen LogP contribution in [0.2, 0.25) is 0 Å². The minimum absolute atomic E-state index is 0.177. The van der Waals surface area contributed by atoms with Gasteiger partial charge in [-0.1, -0.05) is 6.07 Å². The standard InChI is InChI=1S/C14H18FNO/c15-14(6-3-12(16)4-7-14)11-1-2-13-10(9-11)5-8-17-13/h1-2,9,12H,3-8,16H2. The molecule has 92 valence electrons. The third kappa shape index (κ3) is 1.93. The van der Waals surface area contributed by atoms with Crippen LogP contribution >= 0.6 is 0 Å². The van der Waals surface area contributed by atoms with E-state index < -0.39 is 5.67 Å². The first kappa shape index (κ1) is 11.0. The van der Waals surface area contributed by atoms with Crippen molar-refractivity contribution in [2.24, 2.45) is 5.73 Å². The predicted octanol–water partition coefficient (Wildman–Crippen LogP) is 2.69. The fourth-order valence-electron chi connectivity index (χ4n) is 2.85. The smallest absolute Gasteiger partial charge is 0.136 e. The first-order valence-electron chi connectivity index (χ1n) is 6.38. The summed E-state index contributed by atoms with van der Waals surface area (Å²) in [6.07, 6.45) is 3.56. The third-order valence-electron chi connectivity index (χ3n) is 4.03. The summed E-state index contributed by atoms with van der Waals surface area (Å²) in [6.45, 7) is 0.725. The molecular formula is C14H18FNO. The lowest BCUT2D eigenvalue weighted by Gasteiger charge is -2.33. The molecule has 0 aromatic heterocycles. The van der Waals surface area contributed by atoms with E-state index in [2.05, 4.69) is 0 Å². The quantitative estimate of drug-likeness (QED) is 0.812. The number of nitrogens with two attached hydrogens (primary N) is 1. The lowest BCUT2D eigenvalue weighted by atomic mass is 9.79. The summed E-state index contributed by atoms with van der Waals surface area (Å²) in [6, 6.07) is 5.95. The topological polar surface area (TPSA) is 35.2 Å². The van der Waals surface area contributed by atoms with E-state index in [0.29, 0.717) is 12.8 Å². The molecule has 1 aromatic rings. The molecule has 0 radical (unpaired) electrons. The minimum atomic E-state index is -1.17. The Kier molecular flexibility index (Phi) is 2.58. The fraction of sp³-hybridized carbons (Fsp3) is 0.571. The lowest BCUT2D eigenvalue weighted by Crippen LogP contribution is -2.33. The molecule has 2 nitrogen and oxygen atoms in total. The van der Waals surface area contributed by atoms with Crippen LogP contribution in [-0.2, 0) is 12.1 Å². The zero-order valence-corrected chi connectivity index (χ0v) is 9.92. The molecule has 0 unspecified atom stereocenters. The second kappa shape index (κ2) is 3.98. The summed E-state index contributed by atoms with van der Waals surface area (Å²) in [5.74, 6) is 0.921. The first-order chi connectivity index (χ1) is 8.17. The lowest BCUT2D eigenvalue weighted by molar-refractivity contribution is 0.0978. The van der Waals surface area contributed by atoms with Crippen LogP contribution in [0.15, 0.2) is 18.2 Å². The van der Waals surface area contributed by atoms with Gasteiger partial charge in [0.25, 0.3) is 0 Å². The van der Waals surface area contributed by atoms with Crippen molar-refractivity contribution < 1.29 is 9.13 Å². The van der Waals surface area contributed by atoms with Crippen molar-refractivity contribution in [1.82, 2.24) is 0 Å². The number of alkyl halides is 1. The van der Waals surface area contributed by atoms with Gasteiger partial charge in [0.05, 0.1) is 6.61 Å². The summed E-state index contributed by atoms with van der Waals surface area (Å²) in [5.41, 5.74) is 6.63. The second-order valence-electron chi connectivity index (χ2n) is 5.22. The maximum atomic E-state index is 14.9. The molecular weight excluding hydrogens is 217 g/mol. The van der Waals surface area contributed by atoms with Gasteiger partial charge in [-0.2, -0.15) is 0 Å². The Morgan fingerprint density at radius 1 is 1.29 bits per heavy atom. The van der Waals surface area contributed by atoms with Crippen molar-refractivity contribution in [3.8, 4) is 5.75 Å². The van der Waals surface area contributed by atoms with Gasteiger partial charge in [-0.3, -0.25) is 0 Å². The summed E-state index contributed by atoms with van der Waals surface area (Å²) in [4.78, 5) is 0. The predicted molar refractivity (Wildman–Crippen MR) is 64.9 cm³/mol. The Balaban J connectivity index is 1.88. The largest absolute Gasteiger partial charge is 0.493 e. The molecule has 0 bridgehead atoms. The van der Waals surface area contributed by atoms with Crippen molar-refractivity contribution in [2.45, 2.75) is 43.8 Å². The highest BCUT2D eigenvalue weighted by Crippen LogP contribution is 2.42. The Labute approximate surface area is 101 Å². The molecule has 2 N–H and O–H groups in total. The van der Waals surface area contributed by atoms with Crippen molar-refractivity contribution in [3.63, 3.8) is 0 Å². The number of halogens is 1. The van der Waals surface area contributed by atoms with Crippen LogP contribution in [0.1, 0.15) is 36.8 Å². The molecule has 3 heteroatoms. The molecule has 0 spiro atoms. The SMILES string of the molecule is NC1CCC(F)(c2ccc3c(c2)CCO3)CC1. The van der Waals surface area contributed by atoms with Gasteiger partial charge in [-0.25, -0.2) is 4.39 Å². The molecule has 0 atom stereocenters. The highest BCUT2D eigenvalue weighted by Gasteiger charge is 2.36. The van der Waals surface area contributed by atoms with Crippen molar-refractivity contribution in [3.05, 3.63) is 29.3 Å². The van der Waals surface area contributed by atoms with Gasteiger partial charge in [0.15, 0.2) is 0 Å². The van der Waals surface area contributed by atoms with Gasteiger partial charge < -0.3 is 10.5 Å². The van der Waals surface area contributed by atoms with Gasteiger partial charge in [0, 0.05) is 12.5 Å². The number of rotatable bonds is 1. The van der Waals surface area contributed by atoms with Gasteiger partial charge in [-0.05, 0) is 48.9 Å². The Morgan fingerprint density at radius 2 is 2.06 bits per heavy atom. The number of benzene rings is 1. The molecule has 0 amide bonds. The van der Waals surface area contributed by atoms with E-state index in [0.717, 1.165) is 42.7 Å². The number of hydrogen-bond acceptors (Lipinski definition) is 2. The first-order valence-corrected chi connectivity index (χ1v) is 6.38. The van der Waals surface area contributed by atoms with Crippen LogP contribution in [0.5, 0.6) is 5.75 Å². The molecule has 0 saturated heterocycles. The van der Waals surface area contributed by atoms with Crippen molar-refractivity contribution >= 4 is 0 Å². The molecule has 2 aliphatic rings. The van der Waals surface area contributed by atoms with Crippen LogP contribution in [0.4, 0.5) is 4.39 Å². The molecule has 1 aliphatic heterocycles. The monoisotopic (exact) mass is 235 g/mol. The van der Waals surface area contributed by atoms with Gasteiger partial charge in [-0.15, -0.1) is 0 Å². The van der Waals surface area contributed by atoms with E-state index in [4.69, 9.17) is 10.5 Å². The van der Waals surface area contributed by atoms with E-state index in [1.54, 1.807) is 0 Å². The highest BCUT2D eigenvalue weighted by molar-refractivity contribution is 5.41. The Bertz CT molecular complexity index is 424. The number of fused-ring (bicyclic) bond motifs is 1. The zero-order valence-electron chi connectivity index (χ0n) is 9.92. The Morgan fingerprint density at radius 3 is 2.82 bits per heavy atom. The molecule has 17 heavy (non-hydrogen) atoms. The van der Waals surface area contributed by atoms with Crippen molar-refractivity contribution in [2.75, 3.05) is 6.61 Å². The maximum Gasteiger partial charge on any atom is 0.136 e. The van der Waals surface area contributed by atoms with E-state index in [1.807, 2.05) is 18.2 Å². The van der Waals surface area contributed by atoms with Crippen LogP contribution in [-0.4, -0.2) is 12.6 Å². The van der Waals surface area contributed by atoms with E-state index >= 15 is 0 Å². The third-order valence-corrected chi connectivity index (χ3v) is 4.03. The van der Waals surface area contributed by atoms with Gasteiger partial charge in [0.2, 0.25) is 0 Å². The molecule has 3 rings (SSSR count). The molecule has 1 saturated carbocycles. The van der Waals surface area contributed by atoms with Gasteiger partial charge in [0.1, 0.15) is 11.4 Å². The van der Waals surface area contributed by atoms with Gasteiger partial charge >= 0.3 is 0 Å². The average Bonchev–Trinajstić information content (AvgIpc) is 2.80. The maximum absolute atomic E-state index is 14.9. The molecule has 1 heterocycles. The highest BCUT2D eigenvalue weighted by atomic mass is 19.1. The van der Waals surface area contributed by atoms with Crippen LogP contribution < -0.4 is 10.5 Å². The zero-order chi connectivity index (χ0) is 11.9. The normalized spacial score (nSPS) is 32.0. The van der Waals surface area contributed by atoms with Crippen LogP contribution in [0.3, 0.4) is 0 Å². The fourth-order valence-corrected chi connectivity index (χ4v) is 2.85. The average molecular weight is 235 g/mol. The van der Waals surface area contributed by atoms with Crippen LogP contribution in [0, 0.1) is 0 Å². The summed E-state index contributed by atoms with van der Waals surface area (Å²) >= 11 is 0. The van der Waals surface area contributed by atoms with Crippen LogP contribution in [0.25, 0.3) is 0 Å². The van der Waals surface area contributed by atoms with Crippen molar-refractivity contribution in [1.29, 1.82) is 0 Å². The summed E-state index contributed by atoms with van der Waals surface area (Å²) in [5, 5.41) is 0. The van der Waals surface area contributed by atoms with E-state index in [9.17, 15) is 4.39 Å². The second-order valence-corrected chi connectivity index (χ2v) is 5.22. The minimum Gasteiger partial charge on any atom is -0.493 e. The van der Waals surface area contributed by atoms with E-state index in [-0.39, 0.29) is 6.04 Å². The summed E-state index contributed by atoms with van der Waals surface area (Å²) < 4.78 is 20.3. The van der Waals surface area contributed by atoms with E-state index in [1.165, 1.54) is 0 Å². The number of hydrogen-bond donors (Lipinski definition) is 1. The molecule has 1 aromatic carbocycles. The number of ether oxygens (including phenoxy) is 1.